The summed E-state index contributed by atoms with van der Waals surface area (Å²) in [7, 11) is 0. The molecule has 4 nitrogen and oxygen atoms in total. The van der Waals surface area contributed by atoms with Gasteiger partial charge < -0.3 is 4.74 Å². The molecule has 124 valence electrons. The Balaban J connectivity index is 1.97. The highest BCUT2D eigenvalue weighted by molar-refractivity contribution is 9.10. The van der Waals surface area contributed by atoms with Crippen molar-refractivity contribution in [3.05, 3.63) is 75.7 Å². The van der Waals surface area contributed by atoms with Gasteiger partial charge in [-0.2, -0.15) is 5.10 Å². The minimum Gasteiger partial charge on any atom is -0.489 e. The fourth-order valence-corrected chi connectivity index (χ4v) is 2.41. The van der Waals surface area contributed by atoms with Gasteiger partial charge in [0.1, 0.15) is 12.4 Å². The first-order valence-electron chi connectivity index (χ1n) is 7.18. The van der Waals surface area contributed by atoms with Crippen LogP contribution in [0.2, 0.25) is 5.02 Å². The maximum Gasteiger partial charge on any atom is 0.244 e. The molecule has 2 aromatic carbocycles. The van der Waals surface area contributed by atoms with E-state index < -0.39 is 0 Å². The van der Waals surface area contributed by atoms with Crippen LogP contribution in [0.25, 0.3) is 0 Å². The molecule has 1 N–H and O–H groups in total. The van der Waals surface area contributed by atoms with Crippen molar-refractivity contribution >= 4 is 39.7 Å². The number of benzene rings is 2. The molecule has 0 heterocycles. The topological polar surface area (TPSA) is 50.7 Å². The molecule has 0 unspecified atom stereocenters. The third-order valence-electron chi connectivity index (χ3n) is 3.00. The second-order valence-electron chi connectivity index (χ2n) is 4.88. The van der Waals surface area contributed by atoms with Crippen LogP contribution in [-0.2, 0) is 11.2 Å². The number of amides is 1. The summed E-state index contributed by atoms with van der Waals surface area (Å²) in [5.41, 5.74) is 4.12. The maximum atomic E-state index is 11.9. The van der Waals surface area contributed by atoms with Crippen LogP contribution < -0.4 is 10.2 Å². The Kier molecular flexibility index (Phi) is 7.03. The van der Waals surface area contributed by atoms with E-state index in [0.29, 0.717) is 17.4 Å². The molecule has 0 spiro atoms. The molecule has 24 heavy (non-hydrogen) atoms. The summed E-state index contributed by atoms with van der Waals surface area (Å²) < 4.78 is 6.44. The Bertz CT molecular complexity index is 745. The lowest BCUT2D eigenvalue weighted by atomic mass is 10.1. The zero-order valence-corrected chi connectivity index (χ0v) is 15.2. The summed E-state index contributed by atoms with van der Waals surface area (Å²) in [5, 5.41) is 4.63. The first kappa shape index (κ1) is 18.2. The van der Waals surface area contributed by atoms with Crippen LogP contribution >= 0.6 is 27.5 Å². The number of halogens is 2. The van der Waals surface area contributed by atoms with Crippen LogP contribution in [0.1, 0.15) is 11.1 Å². The molecule has 0 fully saturated rings. The van der Waals surface area contributed by atoms with Crippen molar-refractivity contribution in [1.82, 2.24) is 5.43 Å². The van der Waals surface area contributed by atoms with Crippen LogP contribution in [0.15, 0.2) is 64.7 Å². The summed E-state index contributed by atoms with van der Waals surface area (Å²) in [6, 6.07) is 12.7. The average molecular weight is 408 g/mol. The summed E-state index contributed by atoms with van der Waals surface area (Å²) >= 11 is 9.22. The molecule has 0 bridgehead atoms. The molecule has 2 rings (SSSR count). The lowest BCUT2D eigenvalue weighted by Gasteiger charge is -2.07. The van der Waals surface area contributed by atoms with Crippen molar-refractivity contribution in [3.8, 4) is 5.75 Å². The van der Waals surface area contributed by atoms with Gasteiger partial charge >= 0.3 is 0 Å². The Labute approximate surface area is 154 Å². The van der Waals surface area contributed by atoms with E-state index in [2.05, 4.69) is 33.0 Å². The standard InChI is InChI=1S/C18H16BrClN2O2/c1-2-9-24-17-8-5-15(19)11-14(17)12-21-22-18(23)10-13-3-6-16(20)7-4-13/h2-8,11-12H,1,9-10H2,(H,22,23)/b21-12+. The number of hydrogen-bond acceptors (Lipinski definition) is 3. The van der Waals surface area contributed by atoms with Gasteiger partial charge in [0.25, 0.3) is 0 Å². The maximum absolute atomic E-state index is 11.9. The van der Waals surface area contributed by atoms with Crippen LogP contribution in [0, 0.1) is 0 Å². The van der Waals surface area contributed by atoms with Crippen molar-refractivity contribution in [2.45, 2.75) is 6.42 Å². The summed E-state index contributed by atoms with van der Waals surface area (Å²) in [6.45, 7) is 4.01. The average Bonchev–Trinajstić information content (AvgIpc) is 2.56. The zero-order valence-electron chi connectivity index (χ0n) is 12.8. The Morgan fingerprint density at radius 3 is 2.75 bits per heavy atom. The van der Waals surface area contributed by atoms with Crippen LogP contribution in [0.5, 0.6) is 5.75 Å². The van der Waals surface area contributed by atoms with Crippen molar-refractivity contribution in [3.63, 3.8) is 0 Å². The first-order valence-corrected chi connectivity index (χ1v) is 8.35. The lowest BCUT2D eigenvalue weighted by molar-refractivity contribution is -0.120. The summed E-state index contributed by atoms with van der Waals surface area (Å²) in [4.78, 5) is 11.9. The second kappa shape index (κ2) is 9.25. The third-order valence-corrected chi connectivity index (χ3v) is 3.74. The SMILES string of the molecule is C=CCOc1ccc(Br)cc1/C=N/NC(=O)Cc1ccc(Cl)cc1. The molecule has 0 aromatic heterocycles. The van der Waals surface area contributed by atoms with Crippen LogP contribution in [0.3, 0.4) is 0 Å². The highest BCUT2D eigenvalue weighted by Gasteiger charge is 2.04. The van der Waals surface area contributed by atoms with Gasteiger partial charge in [0, 0.05) is 15.1 Å². The molecule has 0 aliphatic carbocycles. The number of rotatable bonds is 7. The van der Waals surface area contributed by atoms with Gasteiger partial charge in [-0.1, -0.05) is 52.3 Å². The summed E-state index contributed by atoms with van der Waals surface area (Å²) in [5.74, 6) is 0.450. The molecule has 2 aromatic rings. The van der Waals surface area contributed by atoms with E-state index >= 15 is 0 Å². The monoisotopic (exact) mass is 406 g/mol. The van der Waals surface area contributed by atoms with E-state index in [0.717, 1.165) is 15.6 Å². The Hall–Kier alpha value is -2.11. The van der Waals surface area contributed by atoms with E-state index in [4.69, 9.17) is 16.3 Å². The van der Waals surface area contributed by atoms with Gasteiger partial charge in [0.2, 0.25) is 5.91 Å². The number of carbonyl (C=O) groups is 1. The molecule has 1 amide bonds. The van der Waals surface area contributed by atoms with Crippen molar-refractivity contribution in [2.24, 2.45) is 5.10 Å². The molecule has 0 atom stereocenters. The predicted octanol–water partition coefficient (Wildman–Crippen LogP) is 4.36. The van der Waals surface area contributed by atoms with E-state index in [1.54, 1.807) is 36.6 Å². The lowest BCUT2D eigenvalue weighted by Crippen LogP contribution is -2.19. The fourth-order valence-electron chi connectivity index (χ4n) is 1.90. The number of nitrogens with one attached hydrogen (secondary N) is 1. The normalized spacial score (nSPS) is 10.6. The molecule has 0 aliphatic heterocycles. The first-order chi connectivity index (χ1) is 11.6. The molecule has 0 radical (unpaired) electrons. The Morgan fingerprint density at radius 2 is 2.04 bits per heavy atom. The highest BCUT2D eigenvalue weighted by atomic mass is 79.9. The van der Waals surface area contributed by atoms with Gasteiger partial charge in [-0.3, -0.25) is 4.79 Å². The number of carbonyl (C=O) groups excluding carboxylic acids is 1. The molecule has 0 aliphatic rings. The minimum absolute atomic E-state index is 0.211. The van der Waals surface area contributed by atoms with Crippen molar-refractivity contribution < 1.29 is 9.53 Å². The largest absolute Gasteiger partial charge is 0.489 e. The highest BCUT2D eigenvalue weighted by Crippen LogP contribution is 2.21. The second-order valence-corrected chi connectivity index (χ2v) is 6.23. The smallest absolute Gasteiger partial charge is 0.244 e. The van der Waals surface area contributed by atoms with Gasteiger partial charge in [-0.25, -0.2) is 5.43 Å². The van der Waals surface area contributed by atoms with Crippen LogP contribution in [-0.4, -0.2) is 18.7 Å². The van der Waals surface area contributed by atoms with Gasteiger partial charge in [-0.05, 0) is 35.9 Å². The third kappa shape index (κ3) is 5.83. The summed E-state index contributed by atoms with van der Waals surface area (Å²) in [6.07, 6.45) is 3.44. The van der Waals surface area contributed by atoms with E-state index in [9.17, 15) is 4.79 Å². The van der Waals surface area contributed by atoms with Crippen molar-refractivity contribution in [1.29, 1.82) is 0 Å². The minimum atomic E-state index is -0.211. The predicted molar refractivity (Wildman–Crippen MR) is 101 cm³/mol. The van der Waals surface area contributed by atoms with Crippen molar-refractivity contribution in [2.75, 3.05) is 6.61 Å². The van der Waals surface area contributed by atoms with E-state index in [1.165, 1.54) is 0 Å². The quantitative estimate of drug-likeness (QED) is 0.421. The molecule has 6 heteroatoms. The molecule has 0 saturated carbocycles. The fraction of sp³-hybridized carbons (Fsp3) is 0.111. The number of hydrazone groups is 1. The van der Waals surface area contributed by atoms with E-state index in [1.807, 2.05) is 18.2 Å². The zero-order chi connectivity index (χ0) is 17.4. The molecular formula is C18H16BrClN2O2. The number of ether oxygens (including phenoxy) is 1. The number of nitrogens with zero attached hydrogens (tertiary/aromatic N) is 1. The molecule has 0 saturated heterocycles. The van der Waals surface area contributed by atoms with Gasteiger partial charge in [0.05, 0.1) is 12.6 Å². The van der Waals surface area contributed by atoms with Crippen LogP contribution in [0.4, 0.5) is 0 Å². The van der Waals surface area contributed by atoms with Gasteiger partial charge in [0.15, 0.2) is 0 Å². The molecular weight excluding hydrogens is 392 g/mol. The number of hydrogen-bond donors (Lipinski definition) is 1. The van der Waals surface area contributed by atoms with Gasteiger partial charge in [-0.15, -0.1) is 0 Å². The Morgan fingerprint density at radius 1 is 1.29 bits per heavy atom. The van der Waals surface area contributed by atoms with E-state index in [-0.39, 0.29) is 12.3 Å².